The van der Waals surface area contributed by atoms with Crippen molar-refractivity contribution >= 4 is 34.6 Å². The quantitative estimate of drug-likeness (QED) is 0.453. The predicted molar refractivity (Wildman–Crippen MR) is 107 cm³/mol. The van der Waals surface area contributed by atoms with E-state index >= 15 is 0 Å². The number of nitrogens with one attached hydrogen (secondary N) is 1. The van der Waals surface area contributed by atoms with Crippen molar-refractivity contribution < 1.29 is 27.5 Å². The van der Waals surface area contributed by atoms with Gasteiger partial charge in [0.2, 0.25) is 11.7 Å². The highest BCUT2D eigenvalue weighted by Crippen LogP contribution is 2.29. The van der Waals surface area contributed by atoms with E-state index in [1.165, 1.54) is 4.90 Å². The number of nitrogens with zero attached hydrogens (tertiary/aromatic N) is 4. The maximum atomic E-state index is 12.9. The zero-order chi connectivity index (χ0) is 21.7. The third kappa shape index (κ3) is 5.61. The summed E-state index contributed by atoms with van der Waals surface area (Å²) in [5.74, 6) is -1.26. The molecule has 3 rings (SSSR count). The molecule has 12 heteroatoms. The van der Waals surface area contributed by atoms with Crippen LogP contribution in [-0.2, 0) is 35.4 Å². The number of carbonyl (C=O) groups excluding carboxylic acids is 2. The van der Waals surface area contributed by atoms with E-state index in [1.807, 2.05) is 52.9 Å². The molecule has 0 saturated heterocycles. The Balaban J connectivity index is 1.51. The summed E-state index contributed by atoms with van der Waals surface area (Å²) in [6.07, 6.45) is -5.22. The van der Waals surface area contributed by atoms with Gasteiger partial charge >= 0.3 is 12.3 Å². The molecular weight excluding hydrogens is 518 g/mol. The minimum atomic E-state index is -4.59. The van der Waals surface area contributed by atoms with Gasteiger partial charge in [0, 0.05) is 30.0 Å². The topological polar surface area (TPSA) is 89.4 Å². The van der Waals surface area contributed by atoms with E-state index in [4.69, 9.17) is 4.74 Å². The van der Waals surface area contributed by atoms with E-state index in [0.717, 1.165) is 10.1 Å². The normalized spacial score (nSPS) is 14.7. The Labute approximate surface area is 183 Å². The molecule has 0 fully saturated rings. The van der Waals surface area contributed by atoms with Crippen LogP contribution in [-0.4, -0.2) is 48.7 Å². The highest BCUT2D eigenvalue weighted by molar-refractivity contribution is 14.1. The second kappa shape index (κ2) is 9.62. The van der Waals surface area contributed by atoms with E-state index in [9.17, 15) is 22.8 Å². The van der Waals surface area contributed by atoms with Gasteiger partial charge in [0.25, 0.3) is 0 Å². The first-order chi connectivity index (χ1) is 14.3. The average molecular weight is 537 g/mol. The van der Waals surface area contributed by atoms with E-state index in [2.05, 4.69) is 15.5 Å². The summed E-state index contributed by atoms with van der Waals surface area (Å²) in [7, 11) is 0. The van der Waals surface area contributed by atoms with Gasteiger partial charge in [0.05, 0.1) is 6.54 Å². The summed E-state index contributed by atoms with van der Waals surface area (Å²) in [6.45, 7) is 0.121. The second-order valence-electron chi connectivity index (χ2n) is 6.67. The number of carbonyl (C=O) groups is 2. The monoisotopic (exact) mass is 537 g/mol. The Morgan fingerprint density at radius 2 is 1.93 bits per heavy atom. The van der Waals surface area contributed by atoms with Gasteiger partial charge in [-0.15, -0.1) is 10.2 Å². The lowest BCUT2D eigenvalue weighted by Crippen LogP contribution is -2.44. The van der Waals surface area contributed by atoms with Crippen molar-refractivity contribution in [2.45, 2.75) is 38.3 Å². The van der Waals surface area contributed by atoms with Gasteiger partial charge < -0.3 is 19.5 Å². The van der Waals surface area contributed by atoms with Gasteiger partial charge in [0.1, 0.15) is 6.61 Å². The standard InChI is InChI=1S/C18H19F3IN5O3/c19-18(20,21)16-25-24-14-10-26(6-7-27(14)16)15(28)8-13(9-22)23-17(29)30-11-12-4-2-1-3-5-12/h1-5,13H,6-11H2,(H,23,29)/t13-/m0/s1. The summed E-state index contributed by atoms with van der Waals surface area (Å²) >= 11 is 2.05. The van der Waals surface area contributed by atoms with Gasteiger partial charge in [0.15, 0.2) is 5.82 Å². The molecule has 1 aromatic carbocycles. The molecule has 2 amide bonds. The van der Waals surface area contributed by atoms with Crippen molar-refractivity contribution in [3.05, 3.63) is 47.5 Å². The van der Waals surface area contributed by atoms with Crippen LogP contribution in [0.5, 0.6) is 0 Å². The van der Waals surface area contributed by atoms with Crippen LogP contribution in [0.1, 0.15) is 23.6 Å². The molecule has 1 atom stereocenters. The number of hydrogen-bond acceptors (Lipinski definition) is 5. The third-order valence-electron chi connectivity index (χ3n) is 4.50. The van der Waals surface area contributed by atoms with Gasteiger partial charge in [-0.05, 0) is 5.56 Å². The molecule has 2 heterocycles. The van der Waals surface area contributed by atoms with E-state index in [1.54, 1.807) is 0 Å². The molecule has 1 N–H and O–H groups in total. The van der Waals surface area contributed by atoms with Gasteiger partial charge in [-0.3, -0.25) is 4.79 Å². The fourth-order valence-corrected chi connectivity index (χ4v) is 3.53. The SMILES string of the molecule is O=C(N[C@H](CI)CC(=O)N1CCn2c(nnc2C(F)(F)F)C1)OCc1ccccc1. The van der Waals surface area contributed by atoms with Crippen LogP contribution in [0.25, 0.3) is 0 Å². The lowest BCUT2D eigenvalue weighted by atomic mass is 10.2. The summed E-state index contributed by atoms with van der Waals surface area (Å²) in [6, 6.07) is 8.71. The molecule has 162 valence electrons. The summed E-state index contributed by atoms with van der Waals surface area (Å²) in [5, 5.41) is 9.42. The molecule has 0 bridgehead atoms. The summed E-state index contributed by atoms with van der Waals surface area (Å²) in [5.41, 5.74) is 0.838. The van der Waals surface area contributed by atoms with E-state index in [0.29, 0.717) is 4.43 Å². The van der Waals surface area contributed by atoms with Crippen LogP contribution >= 0.6 is 22.6 Å². The zero-order valence-corrected chi connectivity index (χ0v) is 17.9. The number of rotatable bonds is 6. The first-order valence-corrected chi connectivity index (χ1v) is 10.6. The van der Waals surface area contributed by atoms with Crippen molar-refractivity contribution in [1.29, 1.82) is 0 Å². The number of ether oxygens (including phenoxy) is 1. The molecule has 1 aliphatic rings. The van der Waals surface area contributed by atoms with Gasteiger partial charge in [-0.1, -0.05) is 52.9 Å². The van der Waals surface area contributed by atoms with Crippen molar-refractivity contribution in [1.82, 2.24) is 25.0 Å². The highest BCUT2D eigenvalue weighted by atomic mass is 127. The molecule has 0 aliphatic carbocycles. The van der Waals surface area contributed by atoms with Crippen molar-refractivity contribution in [2.75, 3.05) is 11.0 Å². The van der Waals surface area contributed by atoms with Crippen LogP contribution in [0.3, 0.4) is 0 Å². The second-order valence-corrected chi connectivity index (χ2v) is 7.55. The highest BCUT2D eigenvalue weighted by Gasteiger charge is 2.40. The van der Waals surface area contributed by atoms with Gasteiger partial charge in [-0.25, -0.2) is 4.79 Å². The van der Waals surface area contributed by atoms with Crippen molar-refractivity contribution in [3.8, 4) is 0 Å². The number of alkyl halides is 4. The predicted octanol–water partition coefficient (Wildman–Crippen LogP) is 2.76. The zero-order valence-electron chi connectivity index (χ0n) is 15.7. The summed E-state index contributed by atoms with van der Waals surface area (Å²) in [4.78, 5) is 26.0. The van der Waals surface area contributed by atoms with Crippen LogP contribution < -0.4 is 5.32 Å². The number of fused-ring (bicyclic) bond motifs is 1. The van der Waals surface area contributed by atoms with Crippen LogP contribution in [0.15, 0.2) is 30.3 Å². The Kier molecular flexibility index (Phi) is 7.15. The molecule has 8 nitrogen and oxygen atoms in total. The molecular formula is C18H19F3IN5O3. The molecule has 30 heavy (non-hydrogen) atoms. The molecule has 0 saturated carbocycles. The first kappa shape index (κ1) is 22.3. The smallest absolute Gasteiger partial charge is 0.445 e. The Bertz CT molecular complexity index is 891. The van der Waals surface area contributed by atoms with E-state index < -0.39 is 24.1 Å². The van der Waals surface area contributed by atoms with Crippen LogP contribution in [0.2, 0.25) is 0 Å². The molecule has 0 radical (unpaired) electrons. The number of benzene rings is 1. The third-order valence-corrected chi connectivity index (χ3v) is 5.56. The first-order valence-electron chi connectivity index (χ1n) is 9.08. The Hall–Kier alpha value is -2.38. The molecule has 0 spiro atoms. The Morgan fingerprint density at radius 3 is 2.60 bits per heavy atom. The number of amides is 2. The fraction of sp³-hybridized carbons (Fsp3) is 0.444. The molecule has 0 unspecified atom stereocenters. The van der Waals surface area contributed by atoms with Crippen molar-refractivity contribution in [2.24, 2.45) is 0 Å². The van der Waals surface area contributed by atoms with Crippen LogP contribution in [0.4, 0.5) is 18.0 Å². The van der Waals surface area contributed by atoms with Crippen molar-refractivity contribution in [3.63, 3.8) is 0 Å². The molecule has 1 aliphatic heterocycles. The largest absolute Gasteiger partial charge is 0.451 e. The maximum Gasteiger partial charge on any atom is 0.451 e. The van der Waals surface area contributed by atoms with E-state index in [-0.39, 0.29) is 44.4 Å². The number of hydrogen-bond donors (Lipinski definition) is 1. The molecule has 1 aromatic heterocycles. The maximum absolute atomic E-state index is 12.9. The van der Waals surface area contributed by atoms with Crippen LogP contribution in [0, 0.1) is 0 Å². The lowest BCUT2D eigenvalue weighted by molar-refractivity contribution is -0.148. The number of halogens is 4. The fourth-order valence-electron chi connectivity index (χ4n) is 3.00. The number of aromatic nitrogens is 3. The average Bonchev–Trinajstić information content (AvgIpc) is 3.16. The lowest BCUT2D eigenvalue weighted by Gasteiger charge is -2.29. The number of alkyl carbamates (subject to hydrolysis) is 1. The Morgan fingerprint density at radius 1 is 1.20 bits per heavy atom. The summed E-state index contributed by atoms with van der Waals surface area (Å²) < 4.78 is 45.4. The minimum Gasteiger partial charge on any atom is -0.445 e. The van der Waals surface area contributed by atoms with Gasteiger partial charge in [-0.2, -0.15) is 13.2 Å². The molecule has 2 aromatic rings. The minimum absolute atomic E-state index is 0.00361.